The van der Waals surface area contributed by atoms with E-state index in [4.69, 9.17) is 6.42 Å². The molecule has 7 heteroatoms. The van der Waals surface area contributed by atoms with Gasteiger partial charge in [-0.25, -0.2) is 8.42 Å². The fraction of sp³-hybridized carbons (Fsp3) is 0.0556. The molecule has 6 nitrogen and oxygen atoms in total. The van der Waals surface area contributed by atoms with E-state index in [1.807, 2.05) is 18.2 Å². The Hall–Kier alpha value is -3.08. The molecule has 1 amide bonds. The van der Waals surface area contributed by atoms with Crippen LogP contribution in [-0.4, -0.2) is 25.9 Å². The lowest BCUT2D eigenvalue weighted by Crippen LogP contribution is -2.24. The summed E-state index contributed by atoms with van der Waals surface area (Å²) in [6, 6.07) is 13.1. The molecule has 3 rings (SSSR count). The van der Waals surface area contributed by atoms with E-state index in [9.17, 15) is 13.2 Å². The molecule has 1 aromatic heterocycles. The van der Waals surface area contributed by atoms with E-state index in [0.29, 0.717) is 5.69 Å². The lowest BCUT2D eigenvalue weighted by molar-refractivity contribution is 0.102. The third kappa shape index (κ3) is 3.55. The molecule has 0 aliphatic carbocycles. The molecule has 3 N–H and O–H groups in total. The minimum Gasteiger partial charge on any atom is -0.361 e. The molecule has 0 bridgehead atoms. The summed E-state index contributed by atoms with van der Waals surface area (Å²) in [7, 11) is -3.75. The van der Waals surface area contributed by atoms with Crippen LogP contribution in [0.5, 0.6) is 0 Å². The highest BCUT2D eigenvalue weighted by Crippen LogP contribution is 2.23. The number of benzene rings is 2. The maximum Gasteiger partial charge on any atom is 0.255 e. The van der Waals surface area contributed by atoms with E-state index in [0.717, 1.165) is 10.9 Å². The van der Waals surface area contributed by atoms with Crippen molar-refractivity contribution in [1.82, 2.24) is 9.71 Å². The van der Waals surface area contributed by atoms with Crippen LogP contribution in [0, 0.1) is 12.3 Å². The first-order valence-corrected chi connectivity index (χ1v) is 8.90. The van der Waals surface area contributed by atoms with Crippen LogP contribution in [-0.2, 0) is 10.0 Å². The standard InChI is InChI=1S/C18H15N3O3S/c1-2-10-20-25(23,24)14-6-3-5-13(12-14)18(22)21-17-8-4-7-16-15(17)9-11-19-16/h1,3-9,11-12,19-20H,10H2,(H,21,22). The Balaban J connectivity index is 1.87. The molecule has 2 aromatic carbocycles. The SMILES string of the molecule is C#CCNS(=O)(=O)c1cccc(C(=O)Nc2cccc3[nH]ccc23)c1. The van der Waals surface area contributed by atoms with Crippen molar-refractivity contribution in [3.63, 3.8) is 0 Å². The number of carbonyl (C=O) groups is 1. The first-order chi connectivity index (χ1) is 12.0. The predicted octanol–water partition coefficient (Wildman–Crippen LogP) is 2.33. The lowest BCUT2D eigenvalue weighted by atomic mass is 10.2. The summed E-state index contributed by atoms with van der Waals surface area (Å²) in [6.45, 7) is -0.117. The van der Waals surface area contributed by atoms with Crippen molar-refractivity contribution in [3.8, 4) is 12.3 Å². The number of aromatic amines is 1. The summed E-state index contributed by atoms with van der Waals surface area (Å²) in [5.74, 6) is 1.81. The van der Waals surface area contributed by atoms with Crippen molar-refractivity contribution >= 4 is 32.5 Å². The van der Waals surface area contributed by atoms with E-state index < -0.39 is 15.9 Å². The molecular formula is C18H15N3O3S. The number of fused-ring (bicyclic) bond motifs is 1. The number of terminal acetylenes is 1. The zero-order valence-electron chi connectivity index (χ0n) is 13.1. The lowest BCUT2D eigenvalue weighted by Gasteiger charge is -2.09. The second-order valence-corrected chi connectivity index (χ2v) is 7.02. The molecule has 0 radical (unpaired) electrons. The zero-order chi connectivity index (χ0) is 17.9. The van der Waals surface area contributed by atoms with Crippen LogP contribution in [0.1, 0.15) is 10.4 Å². The largest absolute Gasteiger partial charge is 0.361 e. The van der Waals surface area contributed by atoms with Gasteiger partial charge in [0.25, 0.3) is 5.91 Å². The molecule has 0 aliphatic rings. The second kappa shape index (κ2) is 6.81. The van der Waals surface area contributed by atoms with Crippen molar-refractivity contribution in [3.05, 3.63) is 60.3 Å². The molecule has 0 atom stereocenters. The van der Waals surface area contributed by atoms with Gasteiger partial charge in [-0.2, -0.15) is 4.72 Å². The second-order valence-electron chi connectivity index (χ2n) is 5.26. The fourth-order valence-corrected chi connectivity index (χ4v) is 3.39. The third-order valence-corrected chi connectivity index (χ3v) is 5.01. The van der Waals surface area contributed by atoms with Crippen LogP contribution >= 0.6 is 0 Å². The fourth-order valence-electron chi connectivity index (χ4n) is 2.41. The third-order valence-electron chi connectivity index (χ3n) is 3.61. The van der Waals surface area contributed by atoms with Gasteiger partial charge >= 0.3 is 0 Å². The number of nitrogens with one attached hydrogen (secondary N) is 3. The number of rotatable bonds is 5. The quantitative estimate of drug-likeness (QED) is 0.615. The van der Waals surface area contributed by atoms with E-state index in [-0.39, 0.29) is 17.0 Å². The van der Waals surface area contributed by atoms with Crippen molar-refractivity contribution in [2.45, 2.75) is 4.90 Å². The topological polar surface area (TPSA) is 91.1 Å². The highest BCUT2D eigenvalue weighted by atomic mass is 32.2. The van der Waals surface area contributed by atoms with E-state index >= 15 is 0 Å². The molecule has 1 heterocycles. The number of carbonyl (C=O) groups excluding carboxylic acids is 1. The number of hydrogen-bond acceptors (Lipinski definition) is 3. The minimum atomic E-state index is -3.75. The van der Waals surface area contributed by atoms with Crippen LogP contribution in [0.4, 0.5) is 5.69 Å². The van der Waals surface area contributed by atoms with Gasteiger partial charge in [0.2, 0.25) is 10.0 Å². The summed E-state index contributed by atoms with van der Waals surface area (Å²) >= 11 is 0. The van der Waals surface area contributed by atoms with E-state index in [1.165, 1.54) is 18.2 Å². The molecule has 126 valence electrons. The van der Waals surface area contributed by atoms with Crippen LogP contribution in [0.25, 0.3) is 10.9 Å². The van der Waals surface area contributed by atoms with Gasteiger partial charge in [-0.05, 0) is 36.4 Å². The summed E-state index contributed by atoms with van der Waals surface area (Å²) in [6.07, 6.45) is 6.85. The Labute approximate surface area is 145 Å². The van der Waals surface area contributed by atoms with Gasteiger partial charge in [0, 0.05) is 22.7 Å². The summed E-state index contributed by atoms with van der Waals surface area (Å²) in [4.78, 5) is 15.6. The number of aromatic nitrogens is 1. The maximum atomic E-state index is 12.5. The molecule has 25 heavy (non-hydrogen) atoms. The van der Waals surface area contributed by atoms with Gasteiger partial charge in [-0.3, -0.25) is 4.79 Å². The van der Waals surface area contributed by atoms with Crippen molar-refractivity contribution in [2.75, 3.05) is 11.9 Å². The molecule has 3 aromatic rings. The predicted molar refractivity (Wildman–Crippen MR) is 96.7 cm³/mol. The monoisotopic (exact) mass is 353 g/mol. The number of sulfonamides is 1. The van der Waals surface area contributed by atoms with Crippen LogP contribution < -0.4 is 10.0 Å². The van der Waals surface area contributed by atoms with Crippen molar-refractivity contribution in [2.24, 2.45) is 0 Å². The normalized spacial score (nSPS) is 11.2. The Kier molecular flexibility index (Phi) is 4.57. The highest BCUT2D eigenvalue weighted by molar-refractivity contribution is 7.89. The Bertz CT molecular complexity index is 1080. The van der Waals surface area contributed by atoms with Gasteiger partial charge < -0.3 is 10.3 Å². The summed E-state index contributed by atoms with van der Waals surface area (Å²) < 4.78 is 26.5. The summed E-state index contributed by atoms with van der Waals surface area (Å²) in [5.41, 5.74) is 1.77. The molecule has 0 unspecified atom stereocenters. The highest BCUT2D eigenvalue weighted by Gasteiger charge is 2.16. The molecule has 0 saturated carbocycles. The zero-order valence-corrected chi connectivity index (χ0v) is 13.9. The Morgan fingerprint density at radius 3 is 2.76 bits per heavy atom. The molecule has 0 spiro atoms. The Morgan fingerprint density at radius 1 is 1.16 bits per heavy atom. The Morgan fingerprint density at radius 2 is 1.96 bits per heavy atom. The van der Waals surface area contributed by atoms with E-state index in [2.05, 4.69) is 20.9 Å². The minimum absolute atomic E-state index is 0.0183. The number of amides is 1. The average Bonchev–Trinajstić information content (AvgIpc) is 3.10. The first-order valence-electron chi connectivity index (χ1n) is 7.42. The number of H-pyrrole nitrogens is 1. The smallest absolute Gasteiger partial charge is 0.255 e. The molecule has 0 fully saturated rings. The van der Waals surface area contributed by atoms with Gasteiger partial charge in [-0.15, -0.1) is 6.42 Å². The van der Waals surface area contributed by atoms with Gasteiger partial charge in [0.15, 0.2) is 0 Å². The number of hydrogen-bond donors (Lipinski definition) is 3. The van der Waals surface area contributed by atoms with Gasteiger partial charge in [-0.1, -0.05) is 18.1 Å². The maximum absolute atomic E-state index is 12.5. The average molecular weight is 353 g/mol. The molecule has 0 aliphatic heterocycles. The van der Waals surface area contributed by atoms with Crippen molar-refractivity contribution in [1.29, 1.82) is 0 Å². The van der Waals surface area contributed by atoms with Gasteiger partial charge in [0.1, 0.15) is 0 Å². The molecular weight excluding hydrogens is 338 g/mol. The van der Waals surface area contributed by atoms with E-state index in [1.54, 1.807) is 18.3 Å². The van der Waals surface area contributed by atoms with Crippen molar-refractivity contribution < 1.29 is 13.2 Å². The van der Waals surface area contributed by atoms with Gasteiger partial charge in [0.05, 0.1) is 17.1 Å². The molecule has 0 saturated heterocycles. The summed E-state index contributed by atoms with van der Waals surface area (Å²) in [5, 5.41) is 3.67. The van der Waals surface area contributed by atoms with Crippen LogP contribution in [0.15, 0.2) is 59.6 Å². The first kappa shape index (κ1) is 16.8. The van der Waals surface area contributed by atoms with Crippen LogP contribution in [0.2, 0.25) is 0 Å². The number of anilines is 1. The van der Waals surface area contributed by atoms with Crippen LogP contribution in [0.3, 0.4) is 0 Å².